The monoisotopic (exact) mass is 324 g/mol. The Labute approximate surface area is 141 Å². The van der Waals surface area contributed by atoms with Gasteiger partial charge in [-0.15, -0.1) is 0 Å². The zero-order valence-electron chi connectivity index (χ0n) is 14.0. The average molecular weight is 324 g/mol. The van der Waals surface area contributed by atoms with E-state index in [2.05, 4.69) is 0 Å². The first kappa shape index (κ1) is 16.2. The van der Waals surface area contributed by atoms with Crippen LogP contribution >= 0.6 is 0 Å². The lowest BCUT2D eigenvalue weighted by Gasteiger charge is -2.29. The summed E-state index contributed by atoms with van der Waals surface area (Å²) in [6, 6.07) is 10.6. The first-order valence-electron chi connectivity index (χ1n) is 7.82. The van der Waals surface area contributed by atoms with Crippen molar-refractivity contribution in [2.75, 3.05) is 44.1 Å². The van der Waals surface area contributed by atoms with Crippen molar-refractivity contribution < 1.29 is 14.7 Å². The molecule has 124 valence electrons. The summed E-state index contributed by atoms with van der Waals surface area (Å²) in [5, 5.41) is 9.22. The molecule has 0 bridgehead atoms. The van der Waals surface area contributed by atoms with Crippen LogP contribution in [0.2, 0.25) is 0 Å². The molecule has 2 aromatic rings. The highest BCUT2D eigenvalue weighted by molar-refractivity contribution is 6.32. The lowest BCUT2D eigenvalue weighted by Crippen LogP contribution is -2.29. The standard InChI is InChI=1S/C19H20N2O3/c1-20(2)14-8-9-15(21(3)10-11-22)17-16(14)18(23)12-6-4-5-7-13(12)19(17)24/h4-9,22H,10-11H2,1-3H3. The molecule has 1 aliphatic carbocycles. The molecular formula is C19H20N2O3. The van der Waals surface area contributed by atoms with E-state index in [0.29, 0.717) is 34.5 Å². The topological polar surface area (TPSA) is 60.9 Å². The predicted molar refractivity (Wildman–Crippen MR) is 94.4 cm³/mol. The number of rotatable bonds is 4. The summed E-state index contributed by atoms with van der Waals surface area (Å²) in [4.78, 5) is 29.8. The van der Waals surface area contributed by atoms with E-state index >= 15 is 0 Å². The molecule has 5 heteroatoms. The highest BCUT2D eigenvalue weighted by atomic mass is 16.3. The van der Waals surface area contributed by atoms with Crippen LogP contribution in [0, 0.1) is 0 Å². The van der Waals surface area contributed by atoms with Gasteiger partial charge < -0.3 is 14.9 Å². The Morgan fingerprint density at radius 3 is 1.83 bits per heavy atom. The Kier molecular flexibility index (Phi) is 4.11. The van der Waals surface area contributed by atoms with Crippen LogP contribution in [-0.2, 0) is 0 Å². The number of nitrogens with zero attached hydrogens (tertiary/aromatic N) is 2. The molecule has 0 aliphatic heterocycles. The van der Waals surface area contributed by atoms with E-state index in [1.807, 2.05) is 31.1 Å². The van der Waals surface area contributed by atoms with E-state index in [9.17, 15) is 14.7 Å². The first-order valence-corrected chi connectivity index (χ1v) is 7.82. The van der Waals surface area contributed by atoms with E-state index in [1.54, 1.807) is 36.2 Å². The Bertz CT molecular complexity index is 827. The van der Waals surface area contributed by atoms with Gasteiger partial charge in [0.1, 0.15) is 0 Å². The maximum absolute atomic E-state index is 13.1. The molecule has 0 saturated heterocycles. The zero-order chi connectivity index (χ0) is 17.4. The van der Waals surface area contributed by atoms with Crippen molar-refractivity contribution in [3.8, 4) is 0 Å². The smallest absolute Gasteiger partial charge is 0.196 e. The summed E-state index contributed by atoms with van der Waals surface area (Å²) in [7, 11) is 5.51. The molecule has 0 spiro atoms. The van der Waals surface area contributed by atoms with Crippen molar-refractivity contribution in [2.24, 2.45) is 0 Å². The highest BCUT2D eigenvalue weighted by Crippen LogP contribution is 2.38. The molecule has 1 N–H and O–H groups in total. The number of ketones is 2. The number of anilines is 2. The van der Waals surface area contributed by atoms with Gasteiger partial charge in [-0.3, -0.25) is 9.59 Å². The highest BCUT2D eigenvalue weighted by Gasteiger charge is 2.34. The Balaban J connectivity index is 2.31. The second-order valence-electron chi connectivity index (χ2n) is 6.10. The fourth-order valence-electron chi connectivity index (χ4n) is 3.15. The number of carbonyl (C=O) groups excluding carboxylic acids is 2. The molecule has 3 rings (SSSR count). The van der Waals surface area contributed by atoms with Crippen molar-refractivity contribution in [1.29, 1.82) is 0 Å². The van der Waals surface area contributed by atoms with Crippen molar-refractivity contribution >= 4 is 22.9 Å². The summed E-state index contributed by atoms with van der Waals surface area (Å²) in [5.74, 6) is -0.285. The third-order valence-electron chi connectivity index (χ3n) is 4.36. The molecule has 0 radical (unpaired) electrons. The maximum Gasteiger partial charge on any atom is 0.196 e. The van der Waals surface area contributed by atoms with Crippen LogP contribution in [-0.4, -0.2) is 51.0 Å². The molecule has 0 fully saturated rings. The number of carbonyl (C=O) groups is 2. The van der Waals surface area contributed by atoms with Crippen molar-refractivity contribution in [1.82, 2.24) is 0 Å². The van der Waals surface area contributed by atoms with Crippen LogP contribution in [0.25, 0.3) is 0 Å². The number of aliphatic hydroxyl groups excluding tert-OH is 1. The fourth-order valence-corrected chi connectivity index (χ4v) is 3.15. The van der Waals surface area contributed by atoms with Crippen LogP contribution < -0.4 is 9.80 Å². The zero-order valence-corrected chi connectivity index (χ0v) is 14.0. The molecule has 0 atom stereocenters. The number of hydrogen-bond donors (Lipinski definition) is 1. The molecule has 1 aliphatic rings. The average Bonchev–Trinajstić information content (AvgIpc) is 2.58. The normalized spacial score (nSPS) is 12.7. The van der Waals surface area contributed by atoms with E-state index < -0.39 is 0 Å². The van der Waals surface area contributed by atoms with Gasteiger partial charge in [0, 0.05) is 50.2 Å². The summed E-state index contributed by atoms with van der Waals surface area (Å²) in [6.45, 7) is 0.357. The Morgan fingerprint density at radius 2 is 1.33 bits per heavy atom. The maximum atomic E-state index is 13.1. The van der Waals surface area contributed by atoms with Crippen LogP contribution in [0.4, 0.5) is 11.4 Å². The number of benzene rings is 2. The minimum absolute atomic E-state index is 0.0283. The molecule has 0 saturated carbocycles. The minimum atomic E-state index is -0.149. The summed E-state index contributed by atoms with van der Waals surface area (Å²) in [6.07, 6.45) is 0. The van der Waals surface area contributed by atoms with Gasteiger partial charge >= 0.3 is 0 Å². The van der Waals surface area contributed by atoms with Gasteiger partial charge in [-0.2, -0.15) is 0 Å². The molecule has 0 unspecified atom stereocenters. The molecule has 5 nitrogen and oxygen atoms in total. The molecule has 0 aromatic heterocycles. The fraction of sp³-hybridized carbons (Fsp3) is 0.263. The van der Waals surface area contributed by atoms with E-state index in [4.69, 9.17) is 0 Å². The third-order valence-corrected chi connectivity index (χ3v) is 4.36. The summed E-state index contributed by atoms with van der Waals surface area (Å²) < 4.78 is 0. The van der Waals surface area contributed by atoms with Gasteiger partial charge in [0.05, 0.1) is 17.7 Å². The Morgan fingerprint density at radius 1 is 0.833 bits per heavy atom. The van der Waals surface area contributed by atoms with Crippen LogP contribution in [0.1, 0.15) is 31.8 Å². The number of fused-ring (bicyclic) bond motifs is 2. The van der Waals surface area contributed by atoms with Crippen molar-refractivity contribution in [3.05, 3.63) is 58.7 Å². The van der Waals surface area contributed by atoms with E-state index in [1.165, 1.54) is 0 Å². The number of aliphatic hydroxyl groups is 1. The van der Waals surface area contributed by atoms with Gasteiger partial charge in [0.15, 0.2) is 11.6 Å². The number of likely N-dealkylation sites (N-methyl/N-ethyl adjacent to an activating group) is 1. The SMILES string of the molecule is CN(C)c1ccc(N(C)CCO)c2c1C(=O)c1ccccc1C2=O. The largest absolute Gasteiger partial charge is 0.395 e. The van der Waals surface area contributed by atoms with Gasteiger partial charge in [-0.25, -0.2) is 0 Å². The van der Waals surface area contributed by atoms with Gasteiger partial charge in [0.2, 0.25) is 0 Å². The quantitative estimate of drug-likeness (QED) is 0.795. The van der Waals surface area contributed by atoms with Gasteiger partial charge in [0.25, 0.3) is 0 Å². The second-order valence-corrected chi connectivity index (χ2v) is 6.10. The summed E-state index contributed by atoms with van der Waals surface area (Å²) in [5.41, 5.74) is 3.12. The van der Waals surface area contributed by atoms with Crippen molar-refractivity contribution in [3.63, 3.8) is 0 Å². The summed E-state index contributed by atoms with van der Waals surface area (Å²) >= 11 is 0. The Hall–Kier alpha value is -2.66. The molecule has 0 heterocycles. The van der Waals surface area contributed by atoms with Crippen LogP contribution in [0.5, 0.6) is 0 Å². The molecule has 24 heavy (non-hydrogen) atoms. The van der Waals surface area contributed by atoms with Crippen LogP contribution in [0.15, 0.2) is 36.4 Å². The van der Waals surface area contributed by atoms with Gasteiger partial charge in [-0.1, -0.05) is 24.3 Å². The van der Waals surface area contributed by atoms with Crippen molar-refractivity contribution in [2.45, 2.75) is 0 Å². The molecule has 0 amide bonds. The second kappa shape index (κ2) is 6.09. The lowest BCUT2D eigenvalue weighted by molar-refractivity contribution is 0.0980. The minimum Gasteiger partial charge on any atom is -0.395 e. The lowest BCUT2D eigenvalue weighted by atomic mass is 9.82. The van der Waals surface area contributed by atoms with Crippen LogP contribution in [0.3, 0.4) is 0 Å². The number of hydrogen-bond acceptors (Lipinski definition) is 5. The van der Waals surface area contributed by atoms with Gasteiger partial charge in [-0.05, 0) is 12.1 Å². The molecule has 2 aromatic carbocycles. The molecular weight excluding hydrogens is 304 g/mol. The predicted octanol–water partition coefficient (Wildman–Crippen LogP) is 1.96. The van der Waals surface area contributed by atoms with E-state index in [-0.39, 0.29) is 18.2 Å². The first-order chi connectivity index (χ1) is 11.5. The third kappa shape index (κ3) is 2.37. The van der Waals surface area contributed by atoms with E-state index in [0.717, 1.165) is 5.69 Å².